The van der Waals surface area contributed by atoms with Crippen LogP contribution >= 0.6 is 12.4 Å². The predicted molar refractivity (Wildman–Crippen MR) is 56.0 cm³/mol. The summed E-state index contributed by atoms with van der Waals surface area (Å²) in [6.45, 7) is 2.07. The van der Waals surface area contributed by atoms with Crippen molar-refractivity contribution in [3.8, 4) is 0 Å². The van der Waals surface area contributed by atoms with Gasteiger partial charge in [0.2, 0.25) is 0 Å². The van der Waals surface area contributed by atoms with Crippen molar-refractivity contribution in [3.05, 3.63) is 0 Å². The number of rotatable bonds is 4. The van der Waals surface area contributed by atoms with Crippen LogP contribution in [0.15, 0.2) is 0 Å². The number of halogens is 1. The Morgan fingerprint density at radius 1 is 1.43 bits per heavy atom. The number of carboxylic acid groups (broad SMARTS) is 1. The van der Waals surface area contributed by atoms with Crippen LogP contribution in [-0.2, 0) is 9.53 Å². The van der Waals surface area contributed by atoms with Crippen molar-refractivity contribution < 1.29 is 14.6 Å². The van der Waals surface area contributed by atoms with E-state index in [4.69, 9.17) is 9.84 Å². The third-order valence-electron chi connectivity index (χ3n) is 2.44. The van der Waals surface area contributed by atoms with Crippen molar-refractivity contribution in [1.82, 2.24) is 4.90 Å². The normalized spacial score (nSPS) is 19.8. The molecule has 1 aliphatic rings. The van der Waals surface area contributed by atoms with Crippen LogP contribution in [-0.4, -0.2) is 48.8 Å². The molecule has 0 aromatic carbocycles. The Hall–Kier alpha value is -0.320. The number of hydrogen-bond donors (Lipinski definition) is 1. The Morgan fingerprint density at radius 3 is 2.43 bits per heavy atom. The number of carbonyl (C=O) groups is 1. The van der Waals surface area contributed by atoms with Gasteiger partial charge in [-0.3, -0.25) is 9.69 Å². The zero-order chi connectivity index (χ0) is 9.68. The number of carboxylic acids is 1. The van der Waals surface area contributed by atoms with Crippen LogP contribution in [0.2, 0.25) is 0 Å². The second kappa shape index (κ2) is 7.04. The second-order valence-corrected chi connectivity index (χ2v) is 3.41. The molecule has 0 spiro atoms. The van der Waals surface area contributed by atoms with Crippen molar-refractivity contribution in [2.24, 2.45) is 0 Å². The first-order chi connectivity index (χ1) is 6.25. The number of hydrogen-bond acceptors (Lipinski definition) is 3. The monoisotopic (exact) mass is 223 g/mol. The van der Waals surface area contributed by atoms with Gasteiger partial charge in [0.05, 0.1) is 6.61 Å². The Labute approximate surface area is 90.6 Å². The van der Waals surface area contributed by atoms with E-state index in [9.17, 15) is 4.79 Å². The lowest BCUT2D eigenvalue weighted by Gasteiger charge is -2.31. The van der Waals surface area contributed by atoms with Crippen molar-refractivity contribution in [2.45, 2.75) is 25.3 Å². The molecule has 1 unspecified atom stereocenters. The highest BCUT2D eigenvalue weighted by atomic mass is 35.5. The maximum atomic E-state index is 10.9. The number of nitrogens with zero attached hydrogens (tertiary/aromatic N) is 1. The predicted octanol–water partition coefficient (Wildman–Crippen LogP) is 0.994. The maximum absolute atomic E-state index is 10.9. The van der Waals surface area contributed by atoms with Crippen molar-refractivity contribution in [3.63, 3.8) is 0 Å². The van der Waals surface area contributed by atoms with E-state index in [1.165, 1.54) is 6.42 Å². The highest BCUT2D eigenvalue weighted by molar-refractivity contribution is 5.85. The zero-order valence-electron chi connectivity index (χ0n) is 8.44. The highest BCUT2D eigenvalue weighted by Crippen LogP contribution is 2.12. The molecule has 0 amide bonds. The number of aliphatic carboxylic acids is 1. The first kappa shape index (κ1) is 13.7. The third-order valence-corrected chi connectivity index (χ3v) is 2.44. The lowest BCUT2D eigenvalue weighted by molar-refractivity contribution is -0.145. The minimum absolute atomic E-state index is 0. The van der Waals surface area contributed by atoms with E-state index in [1.807, 2.05) is 4.90 Å². The van der Waals surface area contributed by atoms with Crippen LogP contribution in [0.1, 0.15) is 19.3 Å². The van der Waals surface area contributed by atoms with E-state index in [0.29, 0.717) is 0 Å². The van der Waals surface area contributed by atoms with Gasteiger partial charge in [-0.25, -0.2) is 0 Å². The van der Waals surface area contributed by atoms with Gasteiger partial charge in [-0.2, -0.15) is 0 Å². The smallest absolute Gasteiger partial charge is 0.323 e. The van der Waals surface area contributed by atoms with Gasteiger partial charge < -0.3 is 9.84 Å². The Kier molecular flexibility index (Phi) is 6.87. The second-order valence-electron chi connectivity index (χ2n) is 3.41. The van der Waals surface area contributed by atoms with E-state index in [1.54, 1.807) is 7.11 Å². The lowest BCUT2D eigenvalue weighted by Crippen LogP contribution is -2.46. The molecule has 0 aromatic rings. The summed E-state index contributed by atoms with van der Waals surface area (Å²) in [5, 5.41) is 8.93. The van der Waals surface area contributed by atoms with Crippen molar-refractivity contribution >= 4 is 18.4 Å². The minimum atomic E-state index is -0.774. The largest absolute Gasteiger partial charge is 0.480 e. The zero-order valence-corrected chi connectivity index (χ0v) is 9.26. The fourth-order valence-corrected chi connectivity index (χ4v) is 1.72. The summed E-state index contributed by atoms with van der Waals surface area (Å²) in [5.41, 5.74) is 0. The molecule has 1 fully saturated rings. The standard InChI is InChI=1S/C9H17NO3.ClH/c1-13-7-8(9(11)12)10-5-3-2-4-6-10;/h8H,2-7H2,1H3,(H,11,12);1H. The Balaban J connectivity index is 0.00000169. The van der Waals surface area contributed by atoms with Crippen molar-refractivity contribution in [2.75, 3.05) is 26.8 Å². The summed E-state index contributed by atoms with van der Waals surface area (Å²) in [7, 11) is 1.54. The topological polar surface area (TPSA) is 49.8 Å². The minimum Gasteiger partial charge on any atom is -0.480 e. The summed E-state index contributed by atoms with van der Waals surface area (Å²) in [5.74, 6) is -0.774. The average Bonchev–Trinajstić information content (AvgIpc) is 2.15. The lowest BCUT2D eigenvalue weighted by atomic mass is 10.1. The van der Waals surface area contributed by atoms with E-state index >= 15 is 0 Å². The molecule has 5 heteroatoms. The Morgan fingerprint density at radius 2 is 2.00 bits per heavy atom. The van der Waals surface area contributed by atoms with Crippen LogP contribution in [0.4, 0.5) is 0 Å². The molecule has 84 valence electrons. The molecular weight excluding hydrogens is 206 g/mol. The van der Waals surface area contributed by atoms with Crippen LogP contribution in [0.5, 0.6) is 0 Å². The first-order valence-electron chi connectivity index (χ1n) is 4.71. The van der Waals surface area contributed by atoms with Gasteiger partial charge in [0.15, 0.2) is 0 Å². The molecule has 0 bridgehead atoms. The number of ether oxygens (including phenoxy) is 1. The number of likely N-dealkylation sites (tertiary alicyclic amines) is 1. The van der Waals surface area contributed by atoms with Gasteiger partial charge >= 0.3 is 5.97 Å². The summed E-state index contributed by atoms with van der Waals surface area (Å²) >= 11 is 0. The van der Waals surface area contributed by atoms with Gasteiger partial charge in [0.1, 0.15) is 6.04 Å². The fraction of sp³-hybridized carbons (Fsp3) is 0.889. The molecule has 4 nitrogen and oxygen atoms in total. The molecule has 1 heterocycles. The SMILES string of the molecule is COCC(C(=O)O)N1CCCCC1.Cl. The molecule has 0 aliphatic carbocycles. The molecule has 14 heavy (non-hydrogen) atoms. The number of methoxy groups -OCH3 is 1. The fourth-order valence-electron chi connectivity index (χ4n) is 1.72. The van der Waals surface area contributed by atoms with Crippen LogP contribution in [0, 0.1) is 0 Å². The van der Waals surface area contributed by atoms with Gasteiger partial charge in [0.25, 0.3) is 0 Å². The van der Waals surface area contributed by atoms with E-state index in [2.05, 4.69) is 0 Å². The summed E-state index contributed by atoms with van der Waals surface area (Å²) in [4.78, 5) is 12.9. The molecule has 1 rings (SSSR count). The van der Waals surface area contributed by atoms with Gasteiger partial charge in [0, 0.05) is 7.11 Å². The van der Waals surface area contributed by atoms with Crippen LogP contribution in [0.25, 0.3) is 0 Å². The van der Waals surface area contributed by atoms with Crippen molar-refractivity contribution in [1.29, 1.82) is 0 Å². The highest BCUT2D eigenvalue weighted by Gasteiger charge is 2.26. The van der Waals surface area contributed by atoms with E-state index in [0.717, 1.165) is 25.9 Å². The van der Waals surface area contributed by atoms with Crippen LogP contribution in [0.3, 0.4) is 0 Å². The number of piperidine rings is 1. The molecular formula is C9H18ClNO3. The maximum Gasteiger partial charge on any atom is 0.323 e. The van der Waals surface area contributed by atoms with Gasteiger partial charge in [-0.05, 0) is 25.9 Å². The molecule has 0 aromatic heterocycles. The average molecular weight is 224 g/mol. The van der Waals surface area contributed by atoms with E-state index in [-0.39, 0.29) is 19.0 Å². The first-order valence-corrected chi connectivity index (χ1v) is 4.71. The molecule has 0 radical (unpaired) electrons. The molecule has 1 N–H and O–H groups in total. The quantitative estimate of drug-likeness (QED) is 0.773. The van der Waals surface area contributed by atoms with E-state index < -0.39 is 12.0 Å². The summed E-state index contributed by atoms with van der Waals surface area (Å²) in [6, 6.07) is -0.453. The molecule has 1 atom stereocenters. The van der Waals surface area contributed by atoms with Crippen LogP contribution < -0.4 is 0 Å². The molecule has 1 saturated heterocycles. The van der Waals surface area contributed by atoms with Gasteiger partial charge in [-0.1, -0.05) is 6.42 Å². The Bertz CT molecular complexity index is 171. The molecule has 1 aliphatic heterocycles. The summed E-state index contributed by atoms with van der Waals surface area (Å²) < 4.78 is 4.90. The molecule has 0 saturated carbocycles. The summed E-state index contributed by atoms with van der Waals surface area (Å²) in [6.07, 6.45) is 3.43. The van der Waals surface area contributed by atoms with Gasteiger partial charge in [-0.15, -0.1) is 12.4 Å². The third kappa shape index (κ3) is 3.82.